The van der Waals surface area contributed by atoms with Gasteiger partial charge < -0.3 is 4.74 Å². The number of hydrogen-bond donors (Lipinski definition) is 0. The Labute approximate surface area is 194 Å². The standard InChI is InChI=1S/C24H12F7NOS/c1-2-14-11-16(18-19(25)21(27)23(34-12-32)22(28)20(18)26)8-7-15(14)6-3-13-4-9-17(10-5-13)33-24(29,30)31/h4-5,7-11H,2H2,1H3. The third-order valence-electron chi connectivity index (χ3n) is 4.58. The zero-order chi connectivity index (χ0) is 25.0. The molecule has 2 nitrogen and oxygen atoms in total. The van der Waals surface area contributed by atoms with Gasteiger partial charge in [-0.15, -0.1) is 13.2 Å². The van der Waals surface area contributed by atoms with Crippen LogP contribution in [0, 0.1) is 45.8 Å². The Bertz CT molecular complexity index is 1300. The molecular weight excluding hydrogens is 483 g/mol. The lowest BCUT2D eigenvalue weighted by atomic mass is 9.96. The first kappa shape index (κ1) is 25.0. The predicted octanol–water partition coefficient (Wildman–Crippen LogP) is 7.34. The van der Waals surface area contributed by atoms with Gasteiger partial charge in [0.05, 0.1) is 10.5 Å². The highest BCUT2D eigenvalue weighted by Crippen LogP contribution is 2.36. The van der Waals surface area contributed by atoms with Crippen molar-refractivity contribution in [3.05, 3.63) is 82.4 Å². The Morgan fingerprint density at radius 1 is 0.882 bits per heavy atom. The molecule has 0 aliphatic rings. The molecule has 10 heteroatoms. The highest BCUT2D eigenvalue weighted by atomic mass is 32.2. The van der Waals surface area contributed by atoms with Crippen molar-refractivity contribution >= 4 is 11.8 Å². The average molecular weight is 495 g/mol. The molecular formula is C24H12F7NOS. The van der Waals surface area contributed by atoms with Crippen LogP contribution in [0.25, 0.3) is 11.1 Å². The number of nitriles is 1. The summed E-state index contributed by atoms with van der Waals surface area (Å²) < 4.78 is 98.0. The van der Waals surface area contributed by atoms with Crippen LogP contribution in [-0.2, 0) is 6.42 Å². The minimum Gasteiger partial charge on any atom is -0.406 e. The van der Waals surface area contributed by atoms with Gasteiger partial charge in [-0.3, -0.25) is 0 Å². The molecule has 0 aliphatic carbocycles. The summed E-state index contributed by atoms with van der Waals surface area (Å²) in [5, 5.41) is 9.97. The Kier molecular flexibility index (Phi) is 7.43. The van der Waals surface area contributed by atoms with E-state index in [9.17, 15) is 30.7 Å². The lowest BCUT2D eigenvalue weighted by molar-refractivity contribution is -0.274. The van der Waals surface area contributed by atoms with Gasteiger partial charge in [0, 0.05) is 11.1 Å². The summed E-state index contributed by atoms with van der Waals surface area (Å²) in [5.74, 6) is -1.41. The Morgan fingerprint density at radius 3 is 2.03 bits per heavy atom. The fourth-order valence-electron chi connectivity index (χ4n) is 3.04. The third-order valence-corrected chi connectivity index (χ3v) is 5.23. The Morgan fingerprint density at radius 2 is 1.50 bits per heavy atom. The SMILES string of the molecule is CCc1cc(-c2c(F)c(F)c(SC#N)c(F)c2F)ccc1C#Cc1ccc(OC(F)(F)F)cc1. The van der Waals surface area contributed by atoms with Crippen molar-refractivity contribution in [2.24, 2.45) is 0 Å². The number of ether oxygens (including phenoxy) is 1. The number of nitrogens with zero attached hydrogens (tertiary/aromatic N) is 1. The van der Waals surface area contributed by atoms with Gasteiger partial charge in [0.1, 0.15) is 11.2 Å². The summed E-state index contributed by atoms with van der Waals surface area (Å²) in [6.07, 6.45) is -4.46. The summed E-state index contributed by atoms with van der Waals surface area (Å²) >= 11 is -0.0275. The number of aryl methyl sites for hydroxylation is 1. The minimum atomic E-state index is -4.81. The Balaban J connectivity index is 1.97. The number of rotatable bonds is 4. The monoisotopic (exact) mass is 495 g/mol. The van der Waals surface area contributed by atoms with Crippen molar-refractivity contribution in [3.63, 3.8) is 0 Å². The minimum absolute atomic E-state index is 0.0275. The van der Waals surface area contributed by atoms with Gasteiger partial charge in [0.15, 0.2) is 23.3 Å². The van der Waals surface area contributed by atoms with Crippen LogP contribution in [-0.4, -0.2) is 6.36 Å². The van der Waals surface area contributed by atoms with Gasteiger partial charge in [-0.2, -0.15) is 5.26 Å². The van der Waals surface area contributed by atoms with Crippen molar-refractivity contribution in [2.75, 3.05) is 0 Å². The highest BCUT2D eigenvalue weighted by Gasteiger charge is 2.31. The van der Waals surface area contributed by atoms with E-state index in [2.05, 4.69) is 16.6 Å². The van der Waals surface area contributed by atoms with Gasteiger partial charge in [-0.05, 0) is 65.7 Å². The molecule has 0 spiro atoms. The molecule has 0 N–H and O–H groups in total. The normalized spacial score (nSPS) is 10.9. The maximum Gasteiger partial charge on any atom is 0.573 e. The largest absolute Gasteiger partial charge is 0.573 e. The second kappa shape index (κ2) is 10.1. The van der Waals surface area contributed by atoms with Gasteiger partial charge in [0.25, 0.3) is 0 Å². The molecule has 0 radical (unpaired) electrons. The molecule has 174 valence electrons. The second-order valence-electron chi connectivity index (χ2n) is 6.70. The number of thioether (sulfide) groups is 1. The predicted molar refractivity (Wildman–Crippen MR) is 112 cm³/mol. The summed E-state index contributed by atoms with van der Waals surface area (Å²) in [4.78, 5) is -1.06. The first-order valence-corrected chi connectivity index (χ1v) is 10.3. The molecule has 0 saturated heterocycles. The van der Waals surface area contributed by atoms with Crippen molar-refractivity contribution in [1.82, 2.24) is 0 Å². The zero-order valence-electron chi connectivity index (χ0n) is 17.2. The lowest BCUT2D eigenvalue weighted by Crippen LogP contribution is -2.16. The summed E-state index contributed by atoms with van der Waals surface area (Å²) in [6.45, 7) is 1.73. The van der Waals surface area contributed by atoms with Crippen LogP contribution < -0.4 is 4.74 Å². The first-order valence-electron chi connectivity index (χ1n) is 9.48. The number of hydrogen-bond acceptors (Lipinski definition) is 3. The van der Waals surface area contributed by atoms with Crippen LogP contribution in [0.2, 0.25) is 0 Å². The van der Waals surface area contributed by atoms with Gasteiger partial charge in [0.2, 0.25) is 0 Å². The van der Waals surface area contributed by atoms with Crippen LogP contribution in [0.4, 0.5) is 30.7 Å². The topological polar surface area (TPSA) is 33.0 Å². The molecule has 0 aliphatic heterocycles. The number of halogens is 7. The average Bonchev–Trinajstić information content (AvgIpc) is 2.79. The maximum atomic E-state index is 14.5. The highest BCUT2D eigenvalue weighted by molar-refractivity contribution is 8.03. The van der Waals surface area contributed by atoms with E-state index >= 15 is 0 Å². The molecule has 0 saturated carbocycles. The molecule has 0 atom stereocenters. The van der Waals surface area contributed by atoms with E-state index < -0.39 is 45.8 Å². The van der Waals surface area contributed by atoms with Crippen LogP contribution in [0.15, 0.2) is 47.4 Å². The van der Waals surface area contributed by atoms with E-state index in [1.54, 1.807) is 6.92 Å². The van der Waals surface area contributed by atoms with Gasteiger partial charge in [-0.25, -0.2) is 17.6 Å². The number of alkyl halides is 3. The summed E-state index contributed by atoms with van der Waals surface area (Å²) in [6, 6.07) is 8.84. The van der Waals surface area contributed by atoms with Crippen molar-refractivity contribution in [2.45, 2.75) is 24.6 Å². The molecule has 0 unspecified atom stereocenters. The van der Waals surface area contributed by atoms with E-state index in [1.165, 1.54) is 35.7 Å². The quantitative estimate of drug-likeness (QED) is 0.125. The molecule has 0 fully saturated rings. The van der Waals surface area contributed by atoms with Gasteiger partial charge >= 0.3 is 6.36 Å². The fraction of sp³-hybridized carbons (Fsp3) is 0.125. The molecule has 0 bridgehead atoms. The van der Waals surface area contributed by atoms with E-state index in [-0.39, 0.29) is 17.3 Å². The molecule has 0 heterocycles. The van der Waals surface area contributed by atoms with Crippen LogP contribution in [0.5, 0.6) is 5.75 Å². The molecule has 3 aromatic rings. The molecule has 34 heavy (non-hydrogen) atoms. The first-order chi connectivity index (χ1) is 16.1. The summed E-state index contributed by atoms with van der Waals surface area (Å²) in [5.41, 5.74) is 0.300. The van der Waals surface area contributed by atoms with Crippen molar-refractivity contribution in [1.29, 1.82) is 5.26 Å². The van der Waals surface area contributed by atoms with E-state index in [1.807, 2.05) is 0 Å². The third kappa shape index (κ3) is 5.46. The van der Waals surface area contributed by atoms with Crippen LogP contribution in [0.1, 0.15) is 23.6 Å². The smallest absolute Gasteiger partial charge is 0.406 e. The maximum absolute atomic E-state index is 14.5. The van der Waals surface area contributed by atoms with Crippen LogP contribution in [0.3, 0.4) is 0 Å². The fourth-order valence-corrected chi connectivity index (χ4v) is 3.49. The lowest BCUT2D eigenvalue weighted by Gasteiger charge is -2.12. The second-order valence-corrected chi connectivity index (χ2v) is 7.50. The molecule has 3 rings (SSSR count). The van der Waals surface area contributed by atoms with E-state index in [0.29, 0.717) is 23.1 Å². The molecule has 0 aromatic heterocycles. The van der Waals surface area contributed by atoms with E-state index in [0.717, 1.165) is 12.1 Å². The summed E-state index contributed by atoms with van der Waals surface area (Å²) in [7, 11) is 0. The van der Waals surface area contributed by atoms with Crippen molar-refractivity contribution < 1.29 is 35.5 Å². The van der Waals surface area contributed by atoms with Gasteiger partial charge in [-0.1, -0.05) is 24.8 Å². The Hall–Kier alpha value is -3.63. The van der Waals surface area contributed by atoms with E-state index in [4.69, 9.17) is 5.26 Å². The molecule has 3 aromatic carbocycles. The number of thiocyanates is 1. The number of benzene rings is 3. The van der Waals surface area contributed by atoms with Crippen molar-refractivity contribution in [3.8, 4) is 34.1 Å². The van der Waals surface area contributed by atoms with Crippen LogP contribution >= 0.6 is 11.8 Å². The zero-order valence-corrected chi connectivity index (χ0v) is 18.0. The molecule has 0 amide bonds.